The lowest BCUT2D eigenvalue weighted by molar-refractivity contribution is 0.104. The maximum absolute atomic E-state index is 12.5. The number of carbonyl (C=O) groups excluding carboxylic acids is 1. The van der Waals surface area contributed by atoms with Gasteiger partial charge in [-0.15, -0.1) is 0 Å². The van der Waals surface area contributed by atoms with E-state index < -0.39 is 0 Å². The van der Waals surface area contributed by atoms with E-state index in [1.165, 1.54) is 0 Å². The van der Waals surface area contributed by atoms with Crippen LogP contribution in [0.4, 0.5) is 0 Å². The fourth-order valence-corrected chi connectivity index (χ4v) is 2.45. The Morgan fingerprint density at radius 2 is 1.52 bits per heavy atom. The van der Waals surface area contributed by atoms with Gasteiger partial charge >= 0.3 is 0 Å². The third-order valence-corrected chi connectivity index (χ3v) is 3.78. The molecule has 0 amide bonds. The van der Waals surface area contributed by atoms with E-state index in [4.69, 9.17) is 14.2 Å². The fraction of sp³-hybridized carbons (Fsp3) is 0.348. The van der Waals surface area contributed by atoms with Crippen molar-refractivity contribution in [3.8, 4) is 17.2 Å². The molecule has 0 bridgehead atoms. The highest BCUT2D eigenvalue weighted by atomic mass is 16.5. The summed E-state index contributed by atoms with van der Waals surface area (Å²) in [6.45, 7) is 7.94. The number of rotatable bonds is 11. The molecule has 2 rings (SSSR count). The summed E-state index contributed by atoms with van der Waals surface area (Å²) in [5.41, 5.74) is 1.44. The van der Waals surface area contributed by atoms with Crippen molar-refractivity contribution in [2.75, 3.05) is 19.8 Å². The normalized spacial score (nSPS) is 10.8. The molecule has 0 aliphatic heterocycles. The topological polar surface area (TPSA) is 44.8 Å². The molecular weight excluding hydrogens is 340 g/mol. The lowest BCUT2D eigenvalue weighted by Crippen LogP contribution is -2.00. The second kappa shape index (κ2) is 11.1. The summed E-state index contributed by atoms with van der Waals surface area (Å²) < 4.78 is 16.9. The van der Waals surface area contributed by atoms with Crippen LogP contribution in [0.1, 0.15) is 49.5 Å². The number of ketones is 1. The smallest absolute Gasteiger partial charge is 0.185 e. The Balaban J connectivity index is 2.17. The minimum atomic E-state index is -0.0700. The summed E-state index contributed by atoms with van der Waals surface area (Å²) in [6, 6.07) is 12.8. The van der Waals surface area contributed by atoms with Crippen LogP contribution in [0.25, 0.3) is 6.08 Å². The lowest BCUT2D eigenvalue weighted by atomic mass is 10.1. The van der Waals surface area contributed by atoms with Crippen molar-refractivity contribution in [2.45, 2.75) is 33.6 Å². The van der Waals surface area contributed by atoms with Crippen LogP contribution in [0.15, 0.2) is 48.5 Å². The average molecular weight is 368 g/mol. The Morgan fingerprint density at radius 3 is 2.19 bits per heavy atom. The average Bonchev–Trinajstić information content (AvgIpc) is 2.70. The summed E-state index contributed by atoms with van der Waals surface area (Å²) >= 11 is 0. The predicted molar refractivity (Wildman–Crippen MR) is 109 cm³/mol. The summed E-state index contributed by atoms with van der Waals surface area (Å²) in [7, 11) is 0. The van der Waals surface area contributed by atoms with Crippen molar-refractivity contribution in [3.05, 3.63) is 59.7 Å². The van der Waals surface area contributed by atoms with Crippen LogP contribution in [0.2, 0.25) is 0 Å². The molecule has 0 saturated carbocycles. The Labute approximate surface area is 161 Å². The third-order valence-electron chi connectivity index (χ3n) is 3.78. The van der Waals surface area contributed by atoms with Gasteiger partial charge in [-0.3, -0.25) is 4.79 Å². The zero-order valence-corrected chi connectivity index (χ0v) is 16.4. The molecule has 27 heavy (non-hydrogen) atoms. The van der Waals surface area contributed by atoms with Crippen LogP contribution < -0.4 is 14.2 Å². The largest absolute Gasteiger partial charge is 0.494 e. The zero-order valence-electron chi connectivity index (χ0n) is 16.4. The van der Waals surface area contributed by atoms with Crippen LogP contribution in [-0.2, 0) is 0 Å². The fourth-order valence-electron chi connectivity index (χ4n) is 2.45. The minimum absolute atomic E-state index is 0.0700. The first-order valence-corrected chi connectivity index (χ1v) is 9.52. The van der Waals surface area contributed by atoms with Gasteiger partial charge in [0, 0.05) is 11.1 Å². The van der Waals surface area contributed by atoms with Crippen molar-refractivity contribution < 1.29 is 19.0 Å². The molecule has 2 aromatic carbocycles. The van der Waals surface area contributed by atoms with Crippen molar-refractivity contribution in [1.29, 1.82) is 0 Å². The second-order valence-electron chi connectivity index (χ2n) is 6.05. The van der Waals surface area contributed by atoms with Gasteiger partial charge in [-0.05, 0) is 74.4 Å². The maximum Gasteiger partial charge on any atom is 0.185 e. The van der Waals surface area contributed by atoms with Gasteiger partial charge in [0.1, 0.15) is 17.2 Å². The quantitative estimate of drug-likeness (QED) is 0.385. The van der Waals surface area contributed by atoms with Crippen LogP contribution >= 0.6 is 0 Å². The van der Waals surface area contributed by atoms with Gasteiger partial charge in [0.25, 0.3) is 0 Å². The number of hydrogen-bond donors (Lipinski definition) is 0. The van der Waals surface area contributed by atoms with Gasteiger partial charge in [0.2, 0.25) is 0 Å². The number of allylic oxidation sites excluding steroid dienone is 1. The summed E-state index contributed by atoms with van der Waals surface area (Å²) in [5.74, 6) is 2.21. The highest BCUT2D eigenvalue weighted by Crippen LogP contribution is 2.26. The molecule has 0 unspecified atom stereocenters. The molecule has 144 valence electrons. The predicted octanol–water partition coefficient (Wildman–Crippen LogP) is 5.56. The molecule has 2 aromatic rings. The van der Waals surface area contributed by atoms with Gasteiger partial charge in [0.15, 0.2) is 5.78 Å². The lowest BCUT2D eigenvalue weighted by Gasteiger charge is -2.11. The van der Waals surface area contributed by atoms with E-state index in [1.54, 1.807) is 36.4 Å². The van der Waals surface area contributed by atoms with E-state index in [9.17, 15) is 4.79 Å². The molecular formula is C23H28O4. The Hall–Kier alpha value is -2.75. The van der Waals surface area contributed by atoms with E-state index in [2.05, 4.69) is 13.8 Å². The zero-order chi connectivity index (χ0) is 19.5. The van der Waals surface area contributed by atoms with Gasteiger partial charge in [-0.25, -0.2) is 0 Å². The maximum atomic E-state index is 12.5. The molecule has 4 nitrogen and oxygen atoms in total. The van der Waals surface area contributed by atoms with Gasteiger partial charge in [-0.2, -0.15) is 0 Å². The van der Waals surface area contributed by atoms with Crippen LogP contribution in [0, 0.1) is 0 Å². The number of ether oxygens (including phenoxy) is 3. The Kier molecular flexibility index (Phi) is 8.43. The molecule has 0 spiro atoms. The van der Waals surface area contributed by atoms with Gasteiger partial charge in [-0.1, -0.05) is 13.8 Å². The van der Waals surface area contributed by atoms with Crippen molar-refractivity contribution in [1.82, 2.24) is 0 Å². The molecule has 0 aliphatic rings. The van der Waals surface area contributed by atoms with Gasteiger partial charge in [0.05, 0.1) is 19.8 Å². The van der Waals surface area contributed by atoms with E-state index >= 15 is 0 Å². The minimum Gasteiger partial charge on any atom is -0.494 e. The van der Waals surface area contributed by atoms with Crippen molar-refractivity contribution in [3.63, 3.8) is 0 Å². The number of carbonyl (C=O) groups is 1. The number of benzene rings is 2. The Morgan fingerprint density at radius 1 is 0.852 bits per heavy atom. The van der Waals surface area contributed by atoms with Crippen LogP contribution in [-0.4, -0.2) is 25.6 Å². The molecule has 4 heteroatoms. The first-order chi connectivity index (χ1) is 13.2. The molecule has 0 saturated heterocycles. The van der Waals surface area contributed by atoms with E-state index in [-0.39, 0.29) is 5.78 Å². The highest BCUT2D eigenvalue weighted by molar-refractivity contribution is 6.07. The first-order valence-electron chi connectivity index (χ1n) is 9.52. The molecule has 0 N–H and O–H groups in total. The number of hydrogen-bond acceptors (Lipinski definition) is 4. The second-order valence-corrected chi connectivity index (χ2v) is 6.05. The first kappa shape index (κ1) is 20.6. The van der Waals surface area contributed by atoms with Crippen LogP contribution in [0.3, 0.4) is 0 Å². The molecule has 0 aromatic heterocycles. The molecule has 0 atom stereocenters. The summed E-state index contributed by atoms with van der Waals surface area (Å²) in [4.78, 5) is 12.5. The monoisotopic (exact) mass is 368 g/mol. The Bertz CT molecular complexity index is 747. The van der Waals surface area contributed by atoms with Crippen LogP contribution in [0.5, 0.6) is 17.2 Å². The third kappa shape index (κ3) is 6.48. The molecule has 0 radical (unpaired) electrons. The standard InChI is InChI=1S/C23H28O4/c1-4-15-26-21-12-14-23(27-16-5-2)19(17-21)9-13-22(24)18-7-10-20(11-8-18)25-6-3/h7-14,17H,4-6,15-16H2,1-3H3/b13-9+. The van der Waals surface area contributed by atoms with Crippen molar-refractivity contribution >= 4 is 11.9 Å². The molecule has 0 fully saturated rings. The molecule has 0 aliphatic carbocycles. The summed E-state index contributed by atoms with van der Waals surface area (Å²) in [6.07, 6.45) is 5.20. The molecule has 0 heterocycles. The van der Waals surface area contributed by atoms with E-state index in [0.29, 0.717) is 25.4 Å². The van der Waals surface area contributed by atoms with E-state index in [0.717, 1.165) is 35.7 Å². The van der Waals surface area contributed by atoms with E-state index in [1.807, 2.05) is 25.1 Å². The SMILES string of the molecule is CCCOc1ccc(OCCC)c(/C=C/C(=O)c2ccc(OCC)cc2)c1. The van der Waals surface area contributed by atoms with Crippen molar-refractivity contribution in [2.24, 2.45) is 0 Å². The summed E-state index contributed by atoms with van der Waals surface area (Å²) in [5, 5.41) is 0. The van der Waals surface area contributed by atoms with Gasteiger partial charge < -0.3 is 14.2 Å². The highest BCUT2D eigenvalue weighted by Gasteiger charge is 2.06.